The van der Waals surface area contributed by atoms with E-state index in [0.29, 0.717) is 32.4 Å². The Morgan fingerprint density at radius 2 is 1.60 bits per heavy atom. The molecule has 2 rings (SSSR count). The molecule has 0 aliphatic carbocycles. The minimum absolute atomic E-state index is 0.0803. The highest BCUT2D eigenvalue weighted by Gasteiger charge is 2.31. The zero-order chi connectivity index (χ0) is 18.4. The van der Waals surface area contributed by atoms with Crippen LogP contribution in [0.1, 0.15) is 46.0 Å². The van der Waals surface area contributed by atoms with Gasteiger partial charge in [-0.3, -0.25) is 9.59 Å². The van der Waals surface area contributed by atoms with Gasteiger partial charge in [0.1, 0.15) is 0 Å². The molecule has 1 unspecified atom stereocenters. The van der Waals surface area contributed by atoms with Crippen molar-refractivity contribution >= 4 is 17.9 Å². The number of hydrogen-bond acceptors (Lipinski definition) is 3. The number of carboxylic acids is 1. The first kappa shape index (κ1) is 19.5. The molecule has 25 heavy (non-hydrogen) atoms. The monoisotopic (exact) mass is 353 g/mol. The first-order valence-corrected chi connectivity index (χ1v) is 9.42. The van der Waals surface area contributed by atoms with Crippen molar-refractivity contribution < 1.29 is 19.5 Å². The number of hydrogen-bond donors (Lipinski definition) is 2. The van der Waals surface area contributed by atoms with Crippen LogP contribution in [-0.2, 0) is 9.59 Å². The summed E-state index contributed by atoms with van der Waals surface area (Å²) in [4.78, 5) is 39.7. The maximum atomic E-state index is 12.4. The molecule has 0 spiro atoms. The molecule has 0 radical (unpaired) electrons. The topological polar surface area (TPSA) is 90.0 Å². The second-order valence-corrected chi connectivity index (χ2v) is 7.65. The van der Waals surface area contributed by atoms with Crippen molar-refractivity contribution in [1.29, 1.82) is 0 Å². The van der Waals surface area contributed by atoms with Crippen molar-refractivity contribution in [2.75, 3.05) is 32.7 Å². The van der Waals surface area contributed by atoms with E-state index in [0.717, 1.165) is 25.9 Å². The highest BCUT2D eigenvalue weighted by molar-refractivity contribution is 5.80. The number of aliphatic carboxylic acids is 1. The Bertz CT molecular complexity index is 481. The Morgan fingerprint density at radius 3 is 2.12 bits per heavy atom. The summed E-state index contributed by atoms with van der Waals surface area (Å²) >= 11 is 0. The lowest BCUT2D eigenvalue weighted by Gasteiger charge is -2.34. The number of piperidine rings is 1. The first-order valence-electron chi connectivity index (χ1n) is 9.42. The maximum Gasteiger partial charge on any atom is 0.319 e. The third-order valence-corrected chi connectivity index (χ3v) is 5.14. The summed E-state index contributed by atoms with van der Waals surface area (Å²) in [6, 6.07) is 0.0965. The summed E-state index contributed by atoms with van der Waals surface area (Å²) in [5, 5.41) is 12.0. The second-order valence-electron chi connectivity index (χ2n) is 7.65. The molecule has 2 aliphatic rings. The molecule has 142 valence electrons. The van der Waals surface area contributed by atoms with Gasteiger partial charge in [-0.15, -0.1) is 0 Å². The van der Waals surface area contributed by atoms with Crippen molar-refractivity contribution in [3.63, 3.8) is 0 Å². The molecule has 7 nitrogen and oxygen atoms in total. The molecule has 0 saturated carbocycles. The number of amides is 3. The fourth-order valence-electron chi connectivity index (χ4n) is 3.65. The number of nitrogens with one attached hydrogen (secondary N) is 1. The van der Waals surface area contributed by atoms with Gasteiger partial charge < -0.3 is 20.2 Å². The van der Waals surface area contributed by atoms with Crippen LogP contribution in [-0.4, -0.2) is 65.5 Å². The van der Waals surface area contributed by atoms with Gasteiger partial charge in [-0.2, -0.15) is 0 Å². The summed E-state index contributed by atoms with van der Waals surface area (Å²) in [7, 11) is 0. The molecule has 0 aromatic carbocycles. The van der Waals surface area contributed by atoms with Crippen LogP contribution in [0, 0.1) is 17.8 Å². The van der Waals surface area contributed by atoms with Crippen molar-refractivity contribution in [3.05, 3.63) is 0 Å². The summed E-state index contributed by atoms with van der Waals surface area (Å²) < 4.78 is 0. The van der Waals surface area contributed by atoms with E-state index in [4.69, 9.17) is 0 Å². The zero-order valence-corrected chi connectivity index (χ0v) is 15.4. The van der Waals surface area contributed by atoms with Gasteiger partial charge in [0.2, 0.25) is 5.91 Å². The summed E-state index contributed by atoms with van der Waals surface area (Å²) in [5.41, 5.74) is 0. The minimum Gasteiger partial charge on any atom is -0.481 e. The standard InChI is InChI=1S/C18H31N3O4/c1-13(2)11-15(17(23)24)12-19-16(22)14-5-9-21(10-6-14)18(25)20-7-3-4-8-20/h13-15H,3-12H2,1-2H3,(H,19,22)(H,23,24). The van der Waals surface area contributed by atoms with Gasteiger partial charge in [0, 0.05) is 38.6 Å². The Labute approximate surface area is 149 Å². The lowest BCUT2D eigenvalue weighted by Crippen LogP contribution is -2.48. The number of carbonyl (C=O) groups is 3. The third kappa shape index (κ3) is 5.61. The Kier molecular flexibility index (Phi) is 7.08. The van der Waals surface area contributed by atoms with Gasteiger partial charge in [-0.25, -0.2) is 4.79 Å². The Balaban J connectivity index is 1.74. The summed E-state index contributed by atoms with van der Waals surface area (Å²) in [6.07, 6.45) is 4.00. The molecular formula is C18H31N3O4. The molecule has 2 aliphatic heterocycles. The van der Waals surface area contributed by atoms with E-state index in [-0.39, 0.29) is 30.3 Å². The number of likely N-dealkylation sites (tertiary alicyclic amines) is 2. The molecule has 0 aromatic heterocycles. The minimum atomic E-state index is -0.861. The molecule has 7 heteroatoms. The average Bonchev–Trinajstić information content (AvgIpc) is 3.11. The van der Waals surface area contributed by atoms with E-state index in [2.05, 4.69) is 5.32 Å². The number of nitrogens with zero attached hydrogens (tertiary/aromatic N) is 2. The van der Waals surface area contributed by atoms with E-state index in [1.54, 1.807) is 0 Å². The van der Waals surface area contributed by atoms with Gasteiger partial charge in [-0.05, 0) is 38.0 Å². The van der Waals surface area contributed by atoms with Crippen molar-refractivity contribution in [2.24, 2.45) is 17.8 Å². The molecule has 3 amide bonds. The smallest absolute Gasteiger partial charge is 0.319 e. The van der Waals surface area contributed by atoms with E-state index < -0.39 is 11.9 Å². The number of urea groups is 1. The fourth-order valence-corrected chi connectivity index (χ4v) is 3.65. The van der Waals surface area contributed by atoms with Crippen LogP contribution in [0.5, 0.6) is 0 Å². The van der Waals surface area contributed by atoms with Gasteiger partial charge in [-0.1, -0.05) is 13.8 Å². The van der Waals surface area contributed by atoms with E-state index in [1.807, 2.05) is 23.6 Å². The number of carbonyl (C=O) groups excluding carboxylic acids is 2. The van der Waals surface area contributed by atoms with E-state index in [9.17, 15) is 19.5 Å². The van der Waals surface area contributed by atoms with Crippen LogP contribution in [0.3, 0.4) is 0 Å². The Morgan fingerprint density at radius 1 is 1.04 bits per heavy atom. The van der Waals surface area contributed by atoms with Gasteiger partial charge >= 0.3 is 12.0 Å². The number of rotatable bonds is 6. The summed E-state index contributed by atoms with van der Waals surface area (Å²) in [5.74, 6) is -1.34. The predicted octanol–water partition coefficient (Wildman–Crippen LogP) is 1.78. The largest absolute Gasteiger partial charge is 0.481 e. The maximum absolute atomic E-state index is 12.4. The molecule has 0 aromatic rings. The first-order chi connectivity index (χ1) is 11.9. The second kappa shape index (κ2) is 9.06. The predicted molar refractivity (Wildman–Crippen MR) is 94.1 cm³/mol. The zero-order valence-electron chi connectivity index (χ0n) is 15.4. The van der Waals surface area contributed by atoms with Crippen LogP contribution in [0.25, 0.3) is 0 Å². The molecule has 2 heterocycles. The summed E-state index contributed by atoms with van der Waals surface area (Å²) in [6.45, 7) is 7.01. The van der Waals surface area contributed by atoms with Crippen LogP contribution < -0.4 is 5.32 Å². The normalized spacial score (nSPS) is 20.0. The molecule has 2 saturated heterocycles. The van der Waals surface area contributed by atoms with Crippen molar-refractivity contribution in [2.45, 2.75) is 46.0 Å². The van der Waals surface area contributed by atoms with E-state index >= 15 is 0 Å². The van der Waals surface area contributed by atoms with Crippen LogP contribution in [0.15, 0.2) is 0 Å². The average molecular weight is 353 g/mol. The van der Waals surface area contributed by atoms with Crippen molar-refractivity contribution in [3.8, 4) is 0 Å². The fraction of sp³-hybridized carbons (Fsp3) is 0.833. The molecule has 1 atom stereocenters. The van der Waals surface area contributed by atoms with Gasteiger partial charge in [0.05, 0.1) is 5.92 Å². The van der Waals surface area contributed by atoms with Gasteiger partial charge in [0.25, 0.3) is 0 Å². The lowest BCUT2D eigenvalue weighted by atomic mass is 9.94. The molecule has 2 fully saturated rings. The number of carboxylic acid groups (broad SMARTS) is 1. The van der Waals surface area contributed by atoms with Crippen LogP contribution in [0.4, 0.5) is 4.79 Å². The van der Waals surface area contributed by atoms with Crippen LogP contribution in [0.2, 0.25) is 0 Å². The quantitative estimate of drug-likeness (QED) is 0.761. The molecule has 2 N–H and O–H groups in total. The highest BCUT2D eigenvalue weighted by atomic mass is 16.4. The SMILES string of the molecule is CC(C)CC(CNC(=O)C1CCN(C(=O)N2CCCC2)CC1)C(=O)O. The van der Waals surface area contributed by atoms with Crippen molar-refractivity contribution in [1.82, 2.24) is 15.1 Å². The molecular weight excluding hydrogens is 322 g/mol. The highest BCUT2D eigenvalue weighted by Crippen LogP contribution is 2.20. The van der Waals surface area contributed by atoms with E-state index in [1.165, 1.54) is 0 Å². The third-order valence-electron chi connectivity index (χ3n) is 5.14. The Hall–Kier alpha value is -1.79. The molecule has 0 bridgehead atoms. The lowest BCUT2D eigenvalue weighted by molar-refractivity contribution is -0.142. The van der Waals surface area contributed by atoms with Gasteiger partial charge in [0.15, 0.2) is 0 Å². The van der Waals surface area contributed by atoms with Crippen LogP contribution >= 0.6 is 0 Å².